The van der Waals surface area contributed by atoms with Crippen molar-refractivity contribution in [3.05, 3.63) is 18.2 Å². The summed E-state index contributed by atoms with van der Waals surface area (Å²) in [5, 5.41) is 0. The van der Waals surface area contributed by atoms with E-state index in [9.17, 15) is 4.79 Å². The summed E-state index contributed by atoms with van der Waals surface area (Å²) < 4.78 is 31.3. The largest absolute Gasteiger partial charge is 0.465 e. The van der Waals surface area contributed by atoms with Crippen LogP contribution in [0.1, 0.15) is 23.2 Å². The second kappa shape index (κ2) is 4.04. The number of carbonyl (C=O) groups excluding carboxylic acids is 1. The molecule has 1 aromatic rings. The Hall–Kier alpha value is -1.32. The van der Waals surface area contributed by atoms with Gasteiger partial charge in [0.2, 0.25) is 0 Å². The van der Waals surface area contributed by atoms with Gasteiger partial charge >= 0.3 is 5.97 Å². The number of hydrogen-bond donors (Lipinski definition) is 0. The van der Waals surface area contributed by atoms with Gasteiger partial charge < -0.3 is 9.30 Å². The van der Waals surface area contributed by atoms with E-state index in [-0.39, 0.29) is 12.3 Å². The fraction of sp³-hybridized carbons (Fsp3) is 0.636. The molecule has 15 heavy (non-hydrogen) atoms. The predicted molar refractivity (Wildman–Crippen MR) is 55.1 cm³/mol. The molecule has 0 spiro atoms. The van der Waals surface area contributed by atoms with Crippen LogP contribution in [-0.2, 0) is 23.0 Å². The second-order valence-corrected chi connectivity index (χ2v) is 3.61. The van der Waals surface area contributed by atoms with Crippen LogP contribution in [0.15, 0.2) is 12.5 Å². The van der Waals surface area contributed by atoms with Crippen molar-refractivity contribution < 1.29 is 13.6 Å². The van der Waals surface area contributed by atoms with E-state index in [1.165, 1.54) is 17.1 Å². The molecular weight excluding hydrogens is 192 g/mol. The minimum Gasteiger partial charge on any atom is -0.465 e. The normalized spacial score (nSPS) is 34.4. The van der Waals surface area contributed by atoms with E-state index >= 15 is 0 Å². The molecule has 0 aromatic carbocycles. The van der Waals surface area contributed by atoms with Crippen LogP contribution >= 0.6 is 0 Å². The maximum atomic E-state index is 11.6. The van der Waals surface area contributed by atoms with Crippen molar-refractivity contribution in [2.75, 3.05) is 6.61 Å². The monoisotopic (exact) mass is 211 g/mol. The number of hydrogen-bond acceptors (Lipinski definition) is 3. The van der Waals surface area contributed by atoms with Crippen molar-refractivity contribution in [1.82, 2.24) is 9.55 Å². The number of rotatable bonds is 3. The Kier molecular flexibility index (Phi) is 1.90. The smallest absolute Gasteiger partial charge is 0.309 e. The van der Waals surface area contributed by atoms with Crippen LogP contribution in [0, 0.1) is 11.8 Å². The van der Waals surface area contributed by atoms with E-state index in [2.05, 4.69) is 4.98 Å². The standard InChI is InChI=1S/C11H16N2O2/c1-3-10-8(6-15-11(10)14)4-9-5-12-7-13(9)2/h5,7-8,10H,3-4,6H2,1-2H3/t8-,10-/m0/s1/i4D2,8D. The lowest BCUT2D eigenvalue weighted by atomic mass is 9.89. The molecule has 0 saturated carbocycles. The zero-order valence-electron chi connectivity index (χ0n) is 11.9. The number of aryl methyl sites for hydroxylation is 1. The number of cyclic esters (lactones) is 1. The van der Waals surface area contributed by atoms with Gasteiger partial charge in [-0.1, -0.05) is 6.92 Å². The molecule has 1 aromatic heterocycles. The van der Waals surface area contributed by atoms with Gasteiger partial charge in [0.1, 0.15) is 0 Å². The van der Waals surface area contributed by atoms with Crippen molar-refractivity contribution in [3.63, 3.8) is 0 Å². The maximum Gasteiger partial charge on any atom is 0.309 e. The number of nitrogens with zero attached hydrogens (tertiary/aromatic N) is 2. The number of aromatic nitrogens is 2. The van der Waals surface area contributed by atoms with E-state index in [1.54, 1.807) is 14.0 Å². The third-order valence-electron chi connectivity index (χ3n) is 2.59. The summed E-state index contributed by atoms with van der Waals surface area (Å²) in [5.74, 6) is -2.84. The van der Waals surface area contributed by atoms with Crippen molar-refractivity contribution in [3.8, 4) is 0 Å². The average Bonchev–Trinajstić information content (AvgIpc) is 2.85. The van der Waals surface area contributed by atoms with Crippen LogP contribution < -0.4 is 0 Å². The highest BCUT2D eigenvalue weighted by Crippen LogP contribution is 2.27. The maximum absolute atomic E-state index is 11.6. The van der Waals surface area contributed by atoms with Crippen molar-refractivity contribution >= 4 is 5.97 Å². The highest BCUT2D eigenvalue weighted by Gasteiger charge is 2.35. The first kappa shape index (κ1) is 7.04. The summed E-state index contributed by atoms with van der Waals surface area (Å²) in [6.07, 6.45) is 1.27. The van der Waals surface area contributed by atoms with Gasteiger partial charge in [-0.15, -0.1) is 0 Å². The number of carbonyl (C=O) groups is 1. The van der Waals surface area contributed by atoms with Gasteiger partial charge in [0.05, 0.1) is 18.9 Å². The molecule has 4 heteroatoms. The SMILES string of the molecule is [2H]C([2H])(c1cncn1C)[C@@]1([2H])COC(=O)[C@H]1CC. The molecule has 0 bridgehead atoms. The Labute approximate surface area is 93.5 Å². The van der Waals surface area contributed by atoms with Crippen LogP contribution in [0.2, 0.25) is 0 Å². The van der Waals surface area contributed by atoms with Crippen LogP contribution in [0.25, 0.3) is 0 Å². The average molecular weight is 211 g/mol. The zero-order chi connectivity index (χ0) is 13.6. The number of ether oxygens (including phenoxy) is 1. The first-order chi connectivity index (χ1) is 8.34. The van der Waals surface area contributed by atoms with Crippen LogP contribution in [-0.4, -0.2) is 22.1 Å². The lowest BCUT2D eigenvalue weighted by Crippen LogP contribution is -2.18. The van der Waals surface area contributed by atoms with E-state index < -0.39 is 24.2 Å². The minimum absolute atomic E-state index is 0.220. The molecule has 0 aliphatic carbocycles. The Morgan fingerprint density at radius 3 is 3.27 bits per heavy atom. The van der Waals surface area contributed by atoms with E-state index in [1.807, 2.05) is 0 Å². The van der Waals surface area contributed by atoms with Crippen molar-refractivity contribution in [2.45, 2.75) is 19.7 Å². The fourth-order valence-corrected chi connectivity index (χ4v) is 1.67. The minimum atomic E-state index is -1.99. The Bertz CT molecular complexity index is 475. The van der Waals surface area contributed by atoms with Crippen LogP contribution in [0.4, 0.5) is 0 Å². The van der Waals surface area contributed by atoms with Gasteiger partial charge in [-0.05, 0) is 12.8 Å². The van der Waals surface area contributed by atoms with E-state index in [0.29, 0.717) is 6.42 Å². The highest BCUT2D eigenvalue weighted by molar-refractivity contribution is 5.74. The summed E-state index contributed by atoms with van der Waals surface area (Å²) in [7, 11) is 1.67. The van der Waals surface area contributed by atoms with E-state index in [0.717, 1.165) is 0 Å². The second-order valence-electron chi connectivity index (χ2n) is 3.61. The third kappa shape index (κ3) is 1.89. The molecule has 1 aliphatic rings. The predicted octanol–water partition coefficient (Wildman–Crippen LogP) is 1.16. The summed E-state index contributed by atoms with van der Waals surface area (Å²) in [5.41, 5.74) is 0.286. The summed E-state index contributed by atoms with van der Waals surface area (Å²) >= 11 is 0. The lowest BCUT2D eigenvalue weighted by molar-refractivity contribution is -0.141. The third-order valence-corrected chi connectivity index (χ3v) is 2.59. The first-order valence-corrected chi connectivity index (χ1v) is 4.98. The summed E-state index contributed by atoms with van der Waals surface area (Å²) in [6.45, 7) is 1.54. The van der Waals surface area contributed by atoms with Gasteiger partial charge in [0.25, 0.3) is 0 Å². The van der Waals surface area contributed by atoms with Gasteiger partial charge in [-0.2, -0.15) is 0 Å². The molecule has 1 saturated heterocycles. The number of imidazole rings is 1. The lowest BCUT2D eigenvalue weighted by Gasteiger charge is -2.12. The summed E-state index contributed by atoms with van der Waals surface area (Å²) in [6, 6.07) is 0. The van der Waals surface area contributed by atoms with Crippen molar-refractivity contribution in [1.29, 1.82) is 0 Å². The Morgan fingerprint density at radius 1 is 1.87 bits per heavy atom. The molecule has 1 fully saturated rings. The molecule has 2 heterocycles. The van der Waals surface area contributed by atoms with Crippen LogP contribution in [0.3, 0.4) is 0 Å². The molecule has 1 aliphatic heterocycles. The van der Waals surface area contributed by atoms with Crippen LogP contribution in [0.5, 0.6) is 0 Å². The molecule has 2 atom stereocenters. The molecule has 0 radical (unpaired) electrons. The zero-order valence-corrected chi connectivity index (χ0v) is 8.86. The molecule has 0 unspecified atom stereocenters. The quantitative estimate of drug-likeness (QED) is 0.705. The van der Waals surface area contributed by atoms with Gasteiger partial charge in [0.15, 0.2) is 0 Å². The molecule has 82 valence electrons. The Morgan fingerprint density at radius 2 is 2.67 bits per heavy atom. The highest BCUT2D eigenvalue weighted by atomic mass is 16.5. The molecule has 2 rings (SSSR count). The molecule has 0 N–H and O–H groups in total. The number of esters is 1. The molecule has 4 nitrogen and oxygen atoms in total. The molecular formula is C11H16N2O2. The van der Waals surface area contributed by atoms with E-state index in [4.69, 9.17) is 8.85 Å². The Balaban J connectivity index is 2.46. The van der Waals surface area contributed by atoms with Gasteiger partial charge in [0, 0.05) is 28.9 Å². The van der Waals surface area contributed by atoms with Crippen molar-refractivity contribution in [2.24, 2.45) is 18.9 Å². The molecule has 0 amide bonds. The summed E-state index contributed by atoms with van der Waals surface area (Å²) in [4.78, 5) is 15.5. The van der Waals surface area contributed by atoms with Gasteiger partial charge in [-0.25, -0.2) is 4.98 Å². The topological polar surface area (TPSA) is 44.1 Å². The fourth-order valence-electron chi connectivity index (χ4n) is 1.67. The van der Waals surface area contributed by atoms with Gasteiger partial charge in [-0.3, -0.25) is 4.79 Å². The first-order valence-electron chi connectivity index (χ1n) is 6.48.